The van der Waals surface area contributed by atoms with Gasteiger partial charge in [0.05, 0.1) is 47.3 Å². The highest BCUT2D eigenvalue weighted by molar-refractivity contribution is 14.1. The van der Waals surface area contributed by atoms with Gasteiger partial charge in [-0.05, 0) is 120 Å². The molecule has 0 N–H and O–H groups in total. The number of para-hydroxylation sites is 1. The normalized spacial score (nSPS) is 14.5. The van der Waals surface area contributed by atoms with Crippen LogP contribution in [0.1, 0.15) is 56.0 Å². The number of carbonyl (C=O) groups excluding carboxylic acids is 1. The summed E-state index contributed by atoms with van der Waals surface area (Å²) in [6, 6.07) is 20.0. The standard InChI is InChI=1S/C34H29I2N3O5S/c1-5-42-33(41)29-20(4)38-34-39(30(29)24-8-6-7-9-27(24)44-19(2)3)32(40)28(45-34)16-23-14-25(35)31(26(36)15-23)43-18-22-12-10-21(17-37)11-13-22/h6-16,19,30H,5,18H2,1-4H3/b28-16-/t30-/m0/s1. The van der Waals surface area contributed by atoms with Crippen LogP contribution in [0.5, 0.6) is 11.5 Å². The smallest absolute Gasteiger partial charge is 0.338 e. The lowest BCUT2D eigenvalue weighted by atomic mass is 9.95. The minimum atomic E-state index is -0.768. The summed E-state index contributed by atoms with van der Waals surface area (Å²) < 4.78 is 21.5. The van der Waals surface area contributed by atoms with Crippen LogP contribution in [0, 0.1) is 18.5 Å². The number of fused-ring (bicyclic) bond motifs is 1. The van der Waals surface area contributed by atoms with Crippen molar-refractivity contribution in [2.75, 3.05) is 6.61 Å². The maximum absolute atomic E-state index is 14.1. The topological polar surface area (TPSA) is 103 Å². The SMILES string of the molecule is CCOC(=O)C1=C(C)N=c2s/c(=C\c3cc(I)c(OCc4ccc(C#N)cc4)c(I)c3)c(=O)n2[C@H]1c1ccccc1OC(C)C. The molecule has 0 bridgehead atoms. The van der Waals surface area contributed by atoms with Crippen LogP contribution in [0.25, 0.3) is 6.08 Å². The van der Waals surface area contributed by atoms with Crippen molar-refractivity contribution in [1.29, 1.82) is 5.26 Å². The predicted molar refractivity (Wildman–Crippen MR) is 190 cm³/mol. The van der Waals surface area contributed by atoms with Gasteiger partial charge >= 0.3 is 5.97 Å². The summed E-state index contributed by atoms with van der Waals surface area (Å²) in [5.41, 5.74) is 3.62. The zero-order valence-corrected chi connectivity index (χ0v) is 30.1. The zero-order chi connectivity index (χ0) is 32.2. The first-order chi connectivity index (χ1) is 21.6. The molecule has 1 aromatic heterocycles. The Bertz CT molecular complexity index is 2000. The molecule has 0 amide bonds. The van der Waals surface area contributed by atoms with Crippen LogP contribution < -0.4 is 24.4 Å². The Balaban J connectivity index is 1.56. The van der Waals surface area contributed by atoms with Crippen LogP contribution in [-0.2, 0) is 16.1 Å². The Hall–Kier alpha value is -3.48. The maximum atomic E-state index is 14.1. The number of nitrogens with zero attached hydrogens (tertiary/aromatic N) is 3. The largest absolute Gasteiger partial charge is 0.491 e. The maximum Gasteiger partial charge on any atom is 0.338 e. The number of benzene rings is 3. The number of allylic oxidation sites excluding steroid dienone is 1. The van der Waals surface area contributed by atoms with Crippen molar-refractivity contribution in [3.05, 3.63) is 121 Å². The molecule has 0 unspecified atom stereocenters. The van der Waals surface area contributed by atoms with Crippen molar-refractivity contribution >= 4 is 68.6 Å². The van der Waals surface area contributed by atoms with E-state index in [1.54, 1.807) is 30.5 Å². The number of rotatable bonds is 9. The van der Waals surface area contributed by atoms with Crippen molar-refractivity contribution in [2.45, 2.75) is 46.4 Å². The van der Waals surface area contributed by atoms with Gasteiger partial charge in [0.1, 0.15) is 24.1 Å². The fourth-order valence-corrected chi connectivity index (χ4v) is 8.11. The minimum Gasteiger partial charge on any atom is -0.491 e. The molecule has 8 nitrogen and oxygen atoms in total. The second-order valence-electron chi connectivity index (χ2n) is 10.4. The van der Waals surface area contributed by atoms with Gasteiger partial charge in [-0.15, -0.1) is 0 Å². The Morgan fingerprint density at radius 2 is 1.82 bits per heavy atom. The molecule has 11 heteroatoms. The third-order valence-electron chi connectivity index (χ3n) is 6.88. The van der Waals surface area contributed by atoms with E-state index in [1.165, 1.54) is 11.3 Å². The van der Waals surface area contributed by atoms with Crippen LogP contribution in [-0.4, -0.2) is 23.2 Å². The first kappa shape index (κ1) is 32.9. The van der Waals surface area contributed by atoms with Gasteiger partial charge in [0, 0.05) is 5.56 Å². The van der Waals surface area contributed by atoms with E-state index < -0.39 is 12.0 Å². The minimum absolute atomic E-state index is 0.112. The van der Waals surface area contributed by atoms with E-state index in [9.17, 15) is 9.59 Å². The first-order valence-corrected chi connectivity index (χ1v) is 17.1. The summed E-state index contributed by atoms with van der Waals surface area (Å²) >= 11 is 5.74. The number of hydrogen-bond donors (Lipinski definition) is 0. The number of esters is 1. The monoisotopic (exact) mass is 845 g/mol. The molecular weight excluding hydrogens is 816 g/mol. The fraction of sp³-hybridized carbons (Fsp3) is 0.235. The van der Waals surface area contributed by atoms with Gasteiger partial charge in [0.15, 0.2) is 4.80 Å². The van der Waals surface area contributed by atoms with Gasteiger partial charge < -0.3 is 14.2 Å². The molecule has 0 aliphatic carbocycles. The van der Waals surface area contributed by atoms with E-state index in [0.29, 0.717) is 44.1 Å². The highest BCUT2D eigenvalue weighted by Crippen LogP contribution is 2.36. The molecule has 1 atom stereocenters. The molecule has 0 saturated carbocycles. The van der Waals surface area contributed by atoms with E-state index in [0.717, 1.165) is 24.0 Å². The van der Waals surface area contributed by atoms with E-state index in [2.05, 4.69) is 51.3 Å². The average Bonchev–Trinajstić information content (AvgIpc) is 3.30. The zero-order valence-electron chi connectivity index (χ0n) is 25.0. The van der Waals surface area contributed by atoms with Crippen LogP contribution in [0.3, 0.4) is 0 Å². The van der Waals surface area contributed by atoms with Gasteiger partial charge in [-0.2, -0.15) is 5.26 Å². The lowest BCUT2D eigenvalue weighted by molar-refractivity contribution is -0.139. The number of hydrogen-bond acceptors (Lipinski definition) is 8. The van der Waals surface area contributed by atoms with Crippen molar-refractivity contribution in [2.24, 2.45) is 4.99 Å². The number of nitriles is 1. The Morgan fingerprint density at radius 3 is 2.47 bits per heavy atom. The highest BCUT2D eigenvalue weighted by Gasteiger charge is 2.35. The Morgan fingerprint density at radius 1 is 1.13 bits per heavy atom. The number of ether oxygens (including phenoxy) is 3. The summed E-state index contributed by atoms with van der Waals surface area (Å²) in [7, 11) is 0. The van der Waals surface area contributed by atoms with Gasteiger partial charge in [0.2, 0.25) is 0 Å². The molecular formula is C34H29I2N3O5S. The first-order valence-electron chi connectivity index (χ1n) is 14.2. The van der Waals surface area contributed by atoms with Crippen molar-refractivity contribution in [1.82, 2.24) is 4.57 Å². The molecule has 0 fully saturated rings. The molecule has 1 aliphatic heterocycles. The molecule has 4 aromatic rings. The van der Waals surface area contributed by atoms with E-state index >= 15 is 0 Å². The molecule has 3 aromatic carbocycles. The number of carbonyl (C=O) groups is 1. The molecule has 1 aliphatic rings. The highest BCUT2D eigenvalue weighted by atomic mass is 127. The molecule has 0 radical (unpaired) electrons. The van der Waals surface area contributed by atoms with Gasteiger partial charge in [-0.1, -0.05) is 41.7 Å². The Kier molecular flexibility index (Phi) is 10.5. The lowest BCUT2D eigenvalue weighted by Crippen LogP contribution is -2.40. The van der Waals surface area contributed by atoms with E-state index in [4.69, 9.17) is 24.5 Å². The van der Waals surface area contributed by atoms with Gasteiger partial charge in [0.25, 0.3) is 5.56 Å². The number of thiazole rings is 1. The third-order valence-corrected chi connectivity index (χ3v) is 9.46. The van der Waals surface area contributed by atoms with Crippen molar-refractivity contribution < 1.29 is 19.0 Å². The Labute approximate surface area is 292 Å². The summed E-state index contributed by atoms with van der Waals surface area (Å²) in [6.07, 6.45) is 1.73. The molecule has 0 saturated heterocycles. The van der Waals surface area contributed by atoms with Crippen LogP contribution in [0.4, 0.5) is 0 Å². The molecule has 0 spiro atoms. The summed E-state index contributed by atoms with van der Waals surface area (Å²) in [5.74, 6) is 0.818. The van der Waals surface area contributed by atoms with E-state index in [-0.39, 0.29) is 18.3 Å². The quantitative estimate of drug-likeness (QED) is 0.146. The second kappa shape index (κ2) is 14.3. The molecule has 45 heavy (non-hydrogen) atoms. The summed E-state index contributed by atoms with van der Waals surface area (Å²) in [4.78, 5) is 32.6. The van der Waals surface area contributed by atoms with Crippen LogP contribution in [0.2, 0.25) is 0 Å². The second-order valence-corrected chi connectivity index (χ2v) is 13.8. The molecule has 5 rings (SSSR count). The number of aromatic nitrogens is 1. The third kappa shape index (κ3) is 7.18. The van der Waals surface area contributed by atoms with Gasteiger partial charge in [-0.3, -0.25) is 9.36 Å². The predicted octanol–water partition coefficient (Wildman–Crippen LogP) is 6.25. The lowest BCUT2D eigenvalue weighted by Gasteiger charge is -2.26. The fourth-order valence-electron chi connectivity index (χ4n) is 4.94. The van der Waals surface area contributed by atoms with Crippen molar-refractivity contribution in [3.63, 3.8) is 0 Å². The van der Waals surface area contributed by atoms with Gasteiger partial charge in [-0.25, -0.2) is 9.79 Å². The summed E-state index contributed by atoms with van der Waals surface area (Å²) in [6.45, 7) is 7.94. The molecule has 2 heterocycles. The van der Waals surface area contributed by atoms with Crippen molar-refractivity contribution in [3.8, 4) is 17.6 Å². The van der Waals surface area contributed by atoms with E-state index in [1.807, 2.05) is 68.5 Å². The number of halogens is 2. The molecule has 230 valence electrons. The summed E-state index contributed by atoms with van der Waals surface area (Å²) in [5, 5.41) is 9.04. The average molecular weight is 845 g/mol. The van der Waals surface area contributed by atoms with Crippen LogP contribution in [0.15, 0.2) is 81.7 Å². The van der Waals surface area contributed by atoms with Crippen LogP contribution >= 0.6 is 56.5 Å².